The number of aliphatic carboxylic acids is 1. The molecular formula is C14H22N4O4. The van der Waals surface area contributed by atoms with Gasteiger partial charge in [-0.2, -0.15) is 0 Å². The summed E-state index contributed by atoms with van der Waals surface area (Å²) in [5, 5.41) is 14.4. The second-order valence-corrected chi connectivity index (χ2v) is 4.67. The average molecular weight is 310 g/mol. The molecule has 1 unspecified atom stereocenters. The lowest BCUT2D eigenvalue weighted by atomic mass is 10.1. The lowest BCUT2D eigenvalue weighted by Gasteiger charge is -2.14. The molecule has 1 amide bonds. The Morgan fingerprint density at radius 3 is 2.68 bits per heavy atom. The SMILES string of the molecule is CCCCOC(=O)NC(CCCNc1ncccn1)C(=O)O. The molecule has 0 radical (unpaired) electrons. The third-order valence-corrected chi connectivity index (χ3v) is 2.84. The van der Waals surface area contributed by atoms with E-state index in [0.29, 0.717) is 25.5 Å². The van der Waals surface area contributed by atoms with Crippen LogP contribution in [0.15, 0.2) is 18.5 Å². The standard InChI is InChI=1S/C14H22N4O4/c1-2-3-10-22-14(21)18-11(12(19)20)6-4-7-15-13-16-8-5-9-17-13/h5,8-9,11H,2-4,6-7,10H2,1H3,(H,18,21)(H,19,20)(H,15,16,17). The van der Waals surface area contributed by atoms with Gasteiger partial charge in [-0.1, -0.05) is 13.3 Å². The Balaban J connectivity index is 2.26. The van der Waals surface area contributed by atoms with Crippen molar-refractivity contribution in [2.45, 2.75) is 38.6 Å². The van der Waals surface area contributed by atoms with Crippen LogP contribution < -0.4 is 10.6 Å². The molecule has 1 aromatic heterocycles. The zero-order valence-corrected chi connectivity index (χ0v) is 12.6. The first-order valence-electron chi connectivity index (χ1n) is 7.30. The minimum Gasteiger partial charge on any atom is -0.480 e. The Morgan fingerprint density at radius 2 is 2.05 bits per heavy atom. The first-order valence-corrected chi connectivity index (χ1v) is 7.30. The van der Waals surface area contributed by atoms with E-state index in [1.54, 1.807) is 18.5 Å². The number of alkyl carbamates (subject to hydrolysis) is 1. The molecule has 0 aromatic carbocycles. The van der Waals surface area contributed by atoms with E-state index in [1.807, 2.05) is 6.92 Å². The molecule has 3 N–H and O–H groups in total. The van der Waals surface area contributed by atoms with E-state index in [1.165, 1.54) is 0 Å². The molecule has 0 spiro atoms. The first kappa shape index (κ1) is 17.7. The third kappa shape index (κ3) is 7.41. The summed E-state index contributed by atoms with van der Waals surface area (Å²) < 4.78 is 4.89. The number of carbonyl (C=O) groups is 2. The van der Waals surface area contributed by atoms with E-state index in [4.69, 9.17) is 9.84 Å². The van der Waals surface area contributed by atoms with Gasteiger partial charge in [0.2, 0.25) is 5.95 Å². The molecule has 0 aliphatic heterocycles. The fourth-order valence-electron chi connectivity index (χ4n) is 1.65. The van der Waals surface area contributed by atoms with Crippen molar-refractivity contribution in [1.82, 2.24) is 15.3 Å². The Hall–Kier alpha value is -2.38. The van der Waals surface area contributed by atoms with Crippen LogP contribution in [0, 0.1) is 0 Å². The maximum absolute atomic E-state index is 11.5. The molecule has 22 heavy (non-hydrogen) atoms. The van der Waals surface area contributed by atoms with Crippen LogP contribution >= 0.6 is 0 Å². The summed E-state index contributed by atoms with van der Waals surface area (Å²) in [5.41, 5.74) is 0. The van der Waals surface area contributed by atoms with E-state index in [0.717, 1.165) is 12.8 Å². The topological polar surface area (TPSA) is 113 Å². The molecule has 1 atom stereocenters. The number of carboxylic acid groups (broad SMARTS) is 1. The van der Waals surface area contributed by atoms with Crippen LogP contribution in [0.2, 0.25) is 0 Å². The normalized spacial score (nSPS) is 11.5. The summed E-state index contributed by atoms with van der Waals surface area (Å²) in [5.74, 6) is -0.593. The number of nitrogens with zero attached hydrogens (tertiary/aromatic N) is 2. The van der Waals surface area contributed by atoms with Crippen molar-refractivity contribution in [3.8, 4) is 0 Å². The number of carboxylic acids is 1. The number of nitrogens with one attached hydrogen (secondary N) is 2. The van der Waals surface area contributed by atoms with Crippen molar-refractivity contribution in [3.63, 3.8) is 0 Å². The summed E-state index contributed by atoms with van der Waals surface area (Å²) in [7, 11) is 0. The maximum Gasteiger partial charge on any atom is 0.407 e. The molecule has 0 aliphatic rings. The smallest absolute Gasteiger partial charge is 0.407 e. The number of hydrogen-bond donors (Lipinski definition) is 3. The molecule has 0 saturated heterocycles. The van der Waals surface area contributed by atoms with E-state index >= 15 is 0 Å². The molecule has 0 saturated carbocycles. The summed E-state index contributed by atoms with van der Waals surface area (Å²) in [6.45, 7) is 2.78. The number of anilines is 1. The van der Waals surface area contributed by atoms with Crippen LogP contribution in [-0.4, -0.2) is 46.3 Å². The van der Waals surface area contributed by atoms with Crippen LogP contribution in [0.5, 0.6) is 0 Å². The van der Waals surface area contributed by atoms with E-state index in [-0.39, 0.29) is 6.42 Å². The largest absolute Gasteiger partial charge is 0.480 e. The van der Waals surface area contributed by atoms with Gasteiger partial charge in [-0.15, -0.1) is 0 Å². The zero-order valence-electron chi connectivity index (χ0n) is 12.6. The minimum absolute atomic E-state index is 0.290. The van der Waals surface area contributed by atoms with Crippen LogP contribution in [0.25, 0.3) is 0 Å². The van der Waals surface area contributed by atoms with Crippen molar-refractivity contribution in [2.75, 3.05) is 18.5 Å². The van der Waals surface area contributed by atoms with E-state index in [2.05, 4.69) is 20.6 Å². The van der Waals surface area contributed by atoms with Gasteiger partial charge in [0, 0.05) is 18.9 Å². The summed E-state index contributed by atoms with van der Waals surface area (Å²) in [4.78, 5) is 30.6. The molecule has 8 heteroatoms. The predicted molar refractivity (Wildman–Crippen MR) is 80.6 cm³/mol. The van der Waals surface area contributed by atoms with Gasteiger partial charge in [0.05, 0.1) is 6.61 Å². The second-order valence-electron chi connectivity index (χ2n) is 4.67. The number of rotatable bonds is 10. The molecule has 1 heterocycles. The Kier molecular flexibility index (Phi) is 8.32. The Bertz CT molecular complexity index is 455. The molecule has 1 aromatic rings. The zero-order chi connectivity index (χ0) is 16.2. The highest BCUT2D eigenvalue weighted by molar-refractivity contribution is 5.79. The molecule has 122 valence electrons. The number of carbonyl (C=O) groups excluding carboxylic acids is 1. The number of hydrogen-bond acceptors (Lipinski definition) is 6. The second kappa shape index (κ2) is 10.4. The molecule has 0 fully saturated rings. The molecule has 1 rings (SSSR count). The van der Waals surface area contributed by atoms with Gasteiger partial charge in [-0.25, -0.2) is 19.6 Å². The third-order valence-electron chi connectivity index (χ3n) is 2.84. The van der Waals surface area contributed by atoms with E-state index in [9.17, 15) is 9.59 Å². The quantitative estimate of drug-likeness (QED) is 0.563. The summed E-state index contributed by atoms with van der Waals surface area (Å²) in [6.07, 6.45) is 5.03. The van der Waals surface area contributed by atoms with Crippen LogP contribution in [-0.2, 0) is 9.53 Å². The number of unbranched alkanes of at least 4 members (excludes halogenated alkanes) is 1. The van der Waals surface area contributed by atoms with Crippen LogP contribution in [0.1, 0.15) is 32.6 Å². The van der Waals surface area contributed by atoms with Gasteiger partial charge in [-0.05, 0) is 25.3 Å². The summed E-state index contributed by atoms with van der Waals surface area (Å²) in [6, 6.07) is 0.743. The van der Waals surface area contributed by atoms with E-state index < -0.39 is 18.1 Å². The molecule has 8 nitrogen and oxygen atoms in total. The first-order chi connectivity index (χ1) is 10.6. The number of ether oxygens (including phenoxy) is 1. The maximum atomic E-state index is 11.5. The van der Waals surface area contributed by atoms with Gasteiger partial charge in [0.15, 0.2) is 0 Å². The predicted octanol–water partition coefficient (Wildman–Crippen LogP) is 1.65. The average Bonchev–Trinajstić information content (AvgIpc) is 2.51. The van der Waals surface area contributed by atoms with Gasteiger partial charge < -0.3 is 20.5 Å². The van der Waals surface area contributed by atoms with Gasteiger partial charge in [0.25, 0.3) is 0 Å². The lowest BCUT2D eigenvalue weighted by Crippen LogP contribution is -2.41. The molecular weight excluding hydrogens is 288 g/mol. The van der Waals surface area contributed by atoms with Crippen molar-refractivity contribution < 1.29 is 19.4 Å². The fraction of sp³-hybridized carbons (Fsp3) is 0.571. The fourth-order valence-corrected chi connectivity index (χ4v) is 1.65. The Labute approximate surface area is 129 Å². The van der Waals surface area contributed by atoms with Crippen molar-refractivity contribution in [1.29, 1.82) is 0 Å². The highest BCUT2D eigenvalue weighted by Crippen LogP contribution is 2.01. The number of aromatic nitrogens is 2. The van der Waals surface area contributed by atoms with Crippen molar-refractivity contribution >= 4 is 18.0 Å². The monoisotopic (exact) mass is 310 g/mol. The van der Waals surface area contributed by atoms with Gasteiger partial charge in [0.1, 0.15) is 6.04 Å². The molecule has 0 bridgehead atoms. The highest BCUT2D eigenvalue weighted by atomic mass is 16.5. The minimum atomic E-state index is -1.08. The molecule has 0 aliphatic carbocycles. The van der Waals surface area contributed by atoms with Gasteiger partial charge in [-0.3, -0.25) is 0 Å². The van der Waals surface area contributed by atoms with Crippen molar-refractivity contribution in [2.24, 2.45) is 0 Å². The highest BCUT2D eigenvalue weighted by Gasteiger charge is 2.20. The van der Waals surface area contributed by atoms with Crippen LogP contribution in [0.3, 0.4) is 0 Å². The number of amides is 1. The summed E-state index contributed by atoms with van der Waals surface area (Å²) >= 11 is 0. The van der Waals surface area contributed by atoms with Gasteiger partial charge >= 0.3 is 12.1 Å². The van der Waals surface area contributed by atoms with Crippen molar-refractivity contribution in [3.05, 3.63) is 18.5 Å². The lowest BCUT2D eigenvalue weighted by molar-refractivity contribution is -0.139. The van der Waals surface area contributed by atoms with Crippen LogP contribution in [0.4, 0.5) is 10.7 Å². The Morgan fingerprint density at radius 1 is 1.32 bits per heavy atom.